The van der Waals surface area contributed by atoms with Crippen LogP contribution >= 0.6 is 0 Å². The number of amides is 1. The summed E-state index contributed by atoms with van der Waals surface area (Å²) in [5.41, 5.74) is -0.606. The first-order valence-electron chi connectivity index (χ1n) is 5.42. The molecule has 0 aromatic heterocycles. The zero-order chi connectivity index (χ0) is 11.6. The van der Waals surface area contributed by atoms with Gasteiger partial charge >= 0.3 is 5.97 Å². The van der Waals surface area contributed by atoms with E-state index in [1.807, 2.05) is 13.8 Å². The van der Waals surface area contributed by atoms with Crippen LogP contribution < -0.4 is 5.32 Å². The van der Waals surface area contributed by atoms with Crippen molar-refractivity contribution in [2.45, 2.75) is 45.6 Å². The normalized spacial score (nSPS) is 27.9. The van der Waals surface area contributed by atoms with Crippen LogP contribution in [0.5, 0.6) is 0 Å². The van der Waals surface area contributed by atoms with Crippen molar-refractivity contribution in [2.75, 3.05) is 0 Å². The highest BCUT2D eigenvalue weighted by molar-refractivity contribution is 5.82. The number of carbonyl (C=O) groups is 2. The topological polar surface area (TPSA) is 66.4 Å². The highest BCUT2D eigenvalue weighted by atomic mass is 16.4. The molecule has 1 fully saturated rings. The van der Waals surface area contributed by atoms with Crippen molar-refractivity contribution in [3.05, 3.63) is 0 Å². The van der Waals surface area contributed by atoms with Gasteiger partial charge in [0.1, 0.15) is 0 Å². The minimum atomic E-state index is -0.872. The fourth-order valence-electron chi connectivity index (χ4n) is 1.67. The minimum absolute atomic E-state index is 0.00750. The molecule has 86 valence electrons. The molecule has 2 N–H and O–H groups in total. The zero-order valence-electron chi connectivity index (χ0n) is 9.54. The van der Waals surface area contributed by atoms with E-state index < -0.39 is 11.5 Å². The van der Waals surface area contributed by atoms with Crippen molar-refractivity contribution in [2.24, 2.45) is 11.8 Å². The van der Waals surface area contributed by atoms with Crippen molar-refractivity contribution in [1.29, 1.82) is 0 Å². The molecule has 4 heteroatoms. The maximum Gasteiger partial charge on any atom is 0.305 e. The number of hydrogen-bond acceptors (Lipinski definition) is 2. The summed E-state index contributed by atoms with van der Waals surface area (Å²) >= 11 is 0. The molecule has 0 aromatic carbocycles. The summed E-state index contributed by atoms with van der Waals surface area (Å²) in [6, 6.07) is 0. The first kappa shape index (κ1) is 12.0. The molecule has 0 aliphatic heterocycles. The van der Waals surface area contributed by atoms with Gasteiger partial charge in [-0.15, -0.1) is 0 Å². The summed E-state index contributed by atoms with van der Waals surface area (Å²) in [5.74, 6) is -0.308. The van der Waals surface area contributed by atoms with Crippen molar-refractivity contribution in [3.63, 3.8) is 0 Å². The molecule has 0 heterocycles. The smallest absolute Gasteiger partial charge is 0.305 e. The molecule has 0 spiro atoms. The lowest BCUT2D eigenvalue weighted by Crippen LogP contribution is -2.47. The van der Waals surface area contributed by atoms with Gasteiger partial charge < -0.3 is 10.4 Å². The van der Waals surface area contributed by atoms with Crippen LogP contribution in [0.1, 0.15) is 40.0 Å². The number of aliphatic carboxylic acids is 1. The van der Waals surface area contributed by atoms with Crippen molar-refractivity contribution in [1.82, 2.24) is 5.32 Å². The van der Waals surface area contributed by atoms with E-state index in [2.05, 4.69) is 5.32 Å². The van der Waals surface area contributed by atoms with Gasteiger partial charge in [0.2, 0.25) is 5.91 Å². The summed E-state index contributed by atoms with van der Waals surface area (Å²) in [5, 5.41) is 11.6. The number of nitrogens with one attached hydrogen (secondary N) is 1. The summed E-state index contributed by atoms with van der Waals surface area (Å²) in [7, 11) is 0. The standard InChI is InChI=1S/C11H19NO3/c1-4-11(3,6-9(13)14)12-10(15)8-5-7(8)2/h7-8H,4-6H2,1-3H3,(H,12,15)(H,13,14)/t7-,8-,11-/m0/s1. The van der Waals surface area contributed by atoms with Crippen LogP contribution in [0.2, 0.25) is 0 Å². The van der Waals surface area contributed by atoms with Gasteiger partial charge in [-0.1, -0.05) is 13.8 Å². The molecular weight excluding hydrogens is 194 g/mol. The first-order valence-corrected chi connectivity index (χ1v) is 5.42. The Hall–Kier alpha value is -1.06. The molecule has 4 nitrogen and oxygen atoms in total. The molecule has 1 aliphatic rings. The Kier molecular flexibility index (Phi) is 3.37. The van der Waals surface area contributed by atoms with Gasteiger partial charge in [-0.05, 0) is 25.7 Å². The van der Waals surface area contributed by atoms with Gasteiger partial charge in [0, 0.05) is 11.5 Å². The first-order chi connectivity index (χ1) is 6.88. The lowest BCUT2D eigenvalue weighted by Gasteiger charge is -2.28. The molecule has 0 aromatic rings. The van der Waals surface area contributed by atoms with Crippen LogP contribution in [0, 0.1) is 11.8 Å². The maximum atomic E-state index is 11.7. The highest BCUT2D eigenvalue weighted by Gasteiger charge is 2.41. The largest absolute Gasteiger partial charge is 0.481 e. The van der Waals surface area contributed by atoms with E-state index in [9.17, 15) is 9.59 Å². The Morgan fingerprint density at radius 2 is 2.07 bits per heavy atom. The molecule has 3 atom stereocenters. The molecule has 1 saturated carbocycles. The van der Waals surface area contributed by atoms with Gasteiger partial charge in [-0.25, -0.2) is 0 Å². The van der Waals surface area contributed by atoms with Crippen LogP contribution in [-0.4, -0.2) is 22.5 Å². The van der Waals surface area contributed by atoms with Gasteiger partial charge in [-0.3, -0.25) is 9.59 Å². The Bertz CT molecular complexity index is 277. The molecule has 0 unspecified atom stereocenters. The Balaban J connectivity index is 2.51. The van der Waals surface area contributed by atoms with E-state index >= 15 is 0 Å². The van der Waals surface area contributed by atoms with Crippen molar-refractivity contribution >= 4 is 11.9 Å². The van der Waals surface area contributed by atoms with Gasteiger partial charge in [0.25, 0.3) is 0 Å². The van der Waals surface area contributed by atoms with E-state index in [0.717, 1.165) is 6.42 Å². The Labute approximate surface area is 90.0 Å². The molecule has 0 radical (unpaired) electrons. The third kappa shape index (κ3) is 3.22. The number of carboxylic acids is 1. The summed E-state index contributed by atoms with van der Waals surface area (Å²) in [4.78, 5) is 22.3. The average molecular weight is 213 g/mol. The summed E-state index contributed by atoms with van der Waals surface area (Å²) in [6.45, 7) is 5.70. The minimum Gasteiger partial charge on any atom is -0.481 e. The average Bonchev–Trinajstić information content (AvgIpc) is 2.81. The van der Waals surface area contributed by atoms with Crippen LogP contribution in [0.15, 0.2) is 0 Å². The number of hydrogen-bond donors (Lipinski definition) is 2. The molecule has 1 rings (SSSR count). The second-order valence-corrected chi connectivity index (χ2v) is 4.79. The third-order valence-corrected chi connectivity index (χ3v) is 3.19. The number of rotatable bonds is 5. The fraction of sp³-hybridized carbons (Fsp3) is 0.818. The third-order valence-electron chi connectivity index (χ3n) is 3.19. The predicted octanol–water partition coefficient (Wildman–Crippen LogP) is 1.40. The SMILES string of the molecule is CC[C@@](C)(CC(=O)O)NC(=O)[C@H]1C[C@@H]1C. The van der Waals surface area contributed by atoms with Crippen LogP contribution in [0.4, 0.5) is 0 Å². The Morgan fingerprint density at radius 1 is 1.53 bits per heavy atom. The fourth-order valence-corrected chi connectivity index (χ4v) is 1.67. The van der Waals surface area contributed by atoms with E-state index in [0.29, 0.717) is 12.3 Å². The molecule has 1 amide bonds. The Morgan fingerprint density at radius 3 is 2.40 bits per heavy atom. The van der Waals surface area contributed by atoms with Crippen LogP contribution in [-0.2, 0) is 9.59 Å². The van der Waals surface area contributed by atoms with Crippen molar-refractivity contribution in [3.8, 4) is 0 Å². The van der Waals surface area contributed by atoms with Gasteiger partial charge in [0.15, 0.2) is 0 Å². The number of carbonyl (C=O) groups excluding carboxylic acids is 1. The lowest BCUT2D eigenvalue weighted by atomic mass is 9.94. The van der Waals surface area contributed by atoms with Crippen LogP contribution in [0.3, 0.4) is 0 Å². The maximum absolute atomic E-state index is 11.7. The zero-order valence-corrected chi connectivity index (χ0v) is 9.54. The lowest BCUT2D eigenvalue weighted by molar-refractivity contribution is -0.139. The van der Waals surface area contributed by atoms with Crippen molar-refractivity contribution < 1.29 is 14.7 Å². The quantitative estimate of drug-likeness (QED) is 0.725. The van der Waals surface area contributed by atoms with E-state index in [1.165, 1.54) is 0 Å². The van der Waals surface area contributed by atoms with Crippen LogP contribution in [0.25, 0.3) is 0 Å². The van der Waals surface area contributed by atoms with E-state index in [-0.39, 0.29) is 18.2 Å². The second kappa shape index (κ2) is 4.21. The summed E-state index contributed by atoms with van der Waals surface area (Å²) in [6.07, 6.45) is 1.54. The van der Waals surface area contributed by atoms with E-state index in [1.54, 1.807) is 6.92 Å². The van der Waals surface area contributed by atoms with E-state index in [4.69, 9.17) is 5.11 Å². The predicted molar refractivity (Wildman–Crippen MR) is 56.4 cm³/mol. The van der Waals surface area contributed by atoms with Gasteiger partial charge in [-0.2, -0.15) is 0 Å². The molecule has 1 aliphatic carbocycles. The van der Waals surface area contributed by atoms with Gasteiger partial charge in [0.05, 0.1) is 6.42 Å². The summed E-state index contributed by atoms with van der Waals surface area (Å²) < 4.78 is 0. The number of carboxylic acid groups (broad SMARTS) is 1. The molecule has 15 heavy (non-hydrogen) atoms. The monoisotopic (exact) mass is 213 g/mol. The molecular formula is C11H19NO3. The molecule has 0 saturated heterocycles. The second-order valence-electron chi connectivity index (χ2n) is 4.79. The molecule has 0 bridgehead atoms. The highest BCUT2D eigenvalue weighted by Crippen LogP contribution is 2.38.